The summed E-state index contributed by atoms with van der Waals surface area (Å²) < 4.78 is 13.1. The van der Waals surface area contributed by atoms with Crippen LogP contribution in [0.4, 0.5) is 4.39 Å². The van der Waals surface area contributed by atoms with E-state index in [1.165, 1.54) is 23.1 Å². The number of hydrogen-bond donors (Lipinski definition) is 2. The van der Waals surface area contributed by atoms with Gasteiger partial charge in [-0.1, -0.05) is 42.5 Å². The Kier molecular flexibility index (Phi) is 7.49. The van der Waals surface area contributed by atoms with Crippen LogP contribution in [0.2, 0.25) is 0 Å². The maximum Gasteiger partial charge on any atom is 0.323 e. The Morgan fingerprint density at radius 2 is 1.70 bits per heavy atom. The minimum atomic E-state index is -1.12. The number of carbonyl (C=O) groups is 3. The van der Waals surface area contributed by atoms with Gasteiger partial charge in [0.25, 0.3) is 0 Å². The number of nitrogens with one attached hydrogen (secondary N) is 1. The van der Waals surface area contributed by atoms with E-state index in [9.17, 15) is 18.8 Å². The Hall–Kier alpha value is -3.22. The predicted octanol–water partition coefficient (Wildman–Crippen LogP) is 1.64. The molecular formula is C20H21FN2O4. The summed E-state index contributed by atoms with van der Waals surface area (Å²) in [4.78, 5) is 36.4. The van der Waals surface area contributed by atoms with E-state index in [0.29, 0.717) is 12.0 Å². The largest absolute Gasteiger partial charge is 0.480 e. The number of halogens is 1. The van der Waals surface area contributed by atoms with Crippen molar-refractivity contribution in [2.45, 2.75) is 12.8 Å². The highest BCUT2D eigenvalue weighted by Gasteiger charge is 2.17. The van der Waals surface area contributed by atoms with E-state index < -0.39 is 30.1 Å². The number of rotatable bonds is 9. The quantitative estimate of drug-likeness (QED) is 0.701. The summed E-state index contributed by atoms with van der Waals surface area (Å²) in [6.45, 7) is -0.517. The summed E-state index contributed by atoms with van der Waals surface area (Å²) in [6.07, 6.45) is 0.449. The summed E-state index contributed by atoms with van der Waals surface area (Å²) in [5.74, 6) is -2.49. The van der Waals surface area contributed by atoms with Gasteiger partial charge < -0.3 is 15.3 Å². The van der Waals surface area contributed by atoms with Crippen LogP contribution in [0, 0.1) is 5.82 Å². The molecule has 0 aromatic heterocycles. The molecule has 0 aliphatic carbocycles. The smallest absolute Gasteiger partial charge is 0.323 e. The van der Waals surface area contributed by atoms with E-state index in [-0.39, 0.29) is 19.5 Å². The summed E-state index contributed by atoms with van der Waals surface area (Å²) in [6, 6.07) is 15.0. The number of carboxylic acid groups (broad SMARTS) is 1. The molecule has 0 radical (unpaired) electrons. The van der Waals surface area contributed by atoms with Gasteiger partial charge in [-0.25, -0.2) is 4.39 Å². The Morgan fingerprint density at radius 1 is 1.00 bits per heavy atom. The number of benzene rings is 2. The molecule has 0 aliphatic heterocycles. The molecule has 0 bridgehead atoms. The van der Waals surface area contributed by atoms with Crippen LogP contribution < -0.4 is 5.32 Å². The highest BCUT2D eigenvalue weighted by molar-refractivity contribution is 5.87. The first-order valence-corrected chi connectivity index (χ1v) is 8.48. The average molecular weight is 372 g/mol. The van der Waals surface area contributed by atoms with Gasteiger partial charge in [0.15, 0.2) is 0 Å². The molecule has 6 nitrogen and oxygen atoms in total. The number of carbonyl (C=O) groups excluding carboxylic acids is 2. The molecule has 0 aliphatic rings. The molecule has 2 amide bonds. The van der Waals surface area contributed by atoms with Crippen molar-refractivity contribution in [1.82, 2.24) is 10.2 Å². The van der Waals surface area contributed by atoms with Gasteiger partial charge in [0.2, 0.25) is 11.8 Å². The van der Waals surface area contributed by atoms with Crippen molar-refractivity contribution < 1.29 is 23.9 Å². The standard InChI is InChI=1S/C20H21FN2O4/c21-17-8-4-7-16(11-17)12-18(24)22-13-19(25)23(14-20(26)27)10-9-15-5-2-1-3-6-15/h1-8,11H,9-10,12-14H2,(H,22,24)(H,26,27). The Morgan fingerprint density at radius 3 is 2.37 bits per heavy atom. The van der Waals surface area contributed by atoms with Gasteiger partial charge in [-0.05, 0) is 29.7 Å². The van der Waals surface area contributed by atoms with Crippen LogP contribution in [0.5, 0.6) is 0 Å². The lowest BCUT2D eigenvalue weighted by atomic mass is 10.1. The Labute approximate surface area is 156 Å². The minimum Gasteiger partial charge on any atom is -0.480 e. The van der Waals surface area contributed by atoms with E-state index >= 15 is 0 Å². The molecule has 0 fully saturated rings. The molecule has 0 heterocycles. The second-order valence-corrected chi connectivity index (χ2v) is 6.03. The third-order valence-corrected chi connectivity index (χ3v) is 3.88. The molecule has 0 atom stereocenters. The number of hydrogen-bond acceptors (Lipinski definition) is 3. The van der Waals surface area contributed by atoms with Gasteiger partial charge >= 0.3 is 5.97 Å². The van der Waals surface area contributed by atoms with Gasteiger partial charge in [-0.3, -0.25) is 14.4 Å². The average Bonchev–Trinajstić information content (AvgIpc) is 2.63. The topological polar surface area (TPSA) is 86.7 Å². The van der Waals surface area contributed by atoms with Crippen molar-refractivity contribution in [3.05, 3.63) is 71.5 Å². The summed E-state index contributed by atoms with van der Waals surface area (Å²) >= 11 is 0. The molecule has 0 unspecified atom stereocenters. The number of nitrogens with zero attached hydrogens (tertiary/aromatic N) is 1. The Balaban J connectivity index is 1.86. The van der Waals surface area contributed by atoms with E-state index in [1.807, 2.05) is 30.3 Å². The molecule has 7 heteroatoms. The summed E-state index contributed by atoms with van der Waals surface area (Å²) in [7, 11) is 0. The number of amides is 2. The zero-order valence-electron chi connectivity index (χ0n) is 14.7. The van der Waals surface area contributed by atoms with Crippen molar-refractivity contribution in [3.63, 3.8) is 0 Å². The summed E-state index contributed by atoms with van der Waals surface area (Å²) in [5, 5.41) is 11.5. The van der Waals surface area contributed by atoms with Crippen molar-refractivity contribution in [3.8, 4) is 0 Å². The molecule has 2 aromatic carbocycles. The third-order valence-electron chi connectivity index (χ3n) is 3.88. The first-order chi connectivity index (χ1) is 12.9. The number of carboxylic acids is 1. The highest BCUT2D eigenvalue weighted by Crippen LogP contribution is 2.04. The first kappa shape index (κ1) is 20.1. The van der Waals surface area contributed by atoms with Gasteiger partial charge in [-0.2, -0.15) is 0 Å². The second-order valence-electron chi connectivity index (χ2n) is 6.03. The minimum absolute atomic E-state index is 0.0615. The van der Waals surface area contributed by atoms with Crippen LogP contribution >= 0.6 is 0 Å². The lowest BCUT2D eigenvalue weighted by molar-refractivity contribution is -0.144. The molecule has 2 aromatic rings. The SMILES string of the molecule is O=C(O)CN(CCc1ccccc1)C(=O)CNC(=O)Cc1cccc(F)c1. The molecular weight excluding hydrogens is 351 g/mol. The van der Waals surface area contributed by atoms with Crippen LogP contribution in [0.15, 0.2) is 54.6 Å². The van der Waals surface area contributed by atoms with E-state index in [1.54, 1.807) is 6.07 Å². The second kappa shape index (κ2) is 10.1. The highest BCUT2D eigenvalue weighted by atomic mass is 19.1. The maximum absolute atomic E-state index is 13.1. The van der Waals surface area contributed by atoms with Crippen molar-refractivity contribution in [2.24, 2.45) is 0 Å². The molecule has 27 heavy (non-hydrogen) atoms. The van der Waals surface area contributed by atoms with E-state index in [4.69, 9.17) is 5.11 Å². The first-order valence-electron chi connectivity index (χ1n) is 8.48. The third kappa shape index (κ3) is 7.27. The van der Waals surface area contributed by atoms with E-state index in [0.717, 1.165) is 5.56 Å². The molecule has 2 rings (SSSR count). The van der Waals surface area contributed by atoms with Crippen LogP contribution in [-0.4, -0.2) is 47.4 Å². The van der Waals surface area contributed by atoms with Crippen molar-refractivity contribution in [2.75, 3.05) is 19.6 Å². The Bertz CT molecular complexity index is 796. The fourth-order valence-electron chi connectivity index (χ4n) is 2.54. The zero-order valence-corrected chi connectivity index (χ0v) is 14.7. The number of aliphatic carboxylic acids is 1. The van der Waals surface area contributed by atoms with Crippen molar-refractivity contribution >= 4 is 17.8 Å². The maximum atomic E-state index is 13.1. The molecule has 0 saturated carbocycles. The predicted molar refractivity (Wildman–Crippen MR) is 97.5 cm³/mol. The lowest BCUT2D eigenvalue weighted by Gasteiger charge is -2.21. The van der Waals surface area contributed by atoms with Gasteiger partial charge in [0, 0.05) is 6.54 Å². The molecule has 142 valence electrons. The van der Waals surface area contributed by atoms with Gasteiger partial charge in [0.1, 0.15) is 12.4 Å². The fourth-order valence-corrected chi connectivity index (χ4v) is 2.54. The molecule has 2 N–H and O–H groups in total. The lowest BCUT2D eigenvalue weighted by Crippen LogP contribution is -2.43. The van der Waals surface area contributed by atoms with Crippen molar-refractivity contribution in [1.29, 1.82) is 0 Å². The van der Waals surface area contributed by atoms with Crippen LogP contribution in [-0.2, 0) is 27.2 Å². The monoisotopic (exact) mass is 372 g/mol. The van der Waals surface area contributed by atoms with Crippen LogP contribution in [0.25, 0.3) is 0 Å². The van der Waals surface area contributed by atoms with Gasteiger partial charge in [-0.15, -0.1) is 0 Å². The normalized spacial score (nSPS) is 10.3. The zero-order chi connectivity index (χ0) is 19.6. The van der Waals surface area contributed by atoms with E-state index in [2.05, 4.69) is 5.32 Å². The van der Waals surface area contributed by atoms with Crippen LogP contribution in [0.1, 0.15) is 11.1 Å². The fraction of sp³-hybridized carbons (Fsp3) is 0.250. The van der Waals surface area contributed by atoms with Gasteiger partial charge in [0.05, 0.1) is 13.0 Å². The molecule has 0 spiro atoms. The van der Waals surface area contributed by atoms with Crippen LogP contribution in [0.3, 0.4) is 0 Å². The molecule has 0 saturated heterocycles. The summed E-state index contributed by atoms with van der Waals surface area (Å²) in [5.41, 5.74) is 1.47.